The van der Waals surface area contributed by atoms with E-state index in [1.165, 1.54) is 32.7 Å². The number of rotatable bonds is 3. The van der Waals surface area contributed by atoms with E-state index in [-0.39, 0.29) is 0 Å². The average Bonchev–Trinajstić information content (AvgIpc) is 2.76. The Balaban J connectivity index is 2.55. The lowest BCUT2D eigenvalue weighted by molar-refractivity contribution is 0.989. The SMILES string of the molecule is Cc1cc(C)c(C)c(-c2cc(CCN)sn2)c1C. The predicted octanol–water partition coefficient (Wildman–Crippen LogP) is 3.54. The van der Waals surface area contributed by atoms with Crippen LogP contribution in [0.1, 0.15) is 27.1 Å². The first-order valence-corrected chi connectivity index (χ1v) is 7.05. The van der Waals surface area contributed by atoms with Crippen LogP contribution in [-0.4, -0.2) is 10.9 Å². The Bertz CT molecular complexity index is 544. The fourth-order valence-corrected chi connectivity index (χ4v) is 3.03. The minimum atomic E-state index is 0.687. The number of aromatic nitrogens is 1. The first-order chi connectivity index (χ1) is 8.54. The fourth-order valence-electron chi connectivity index (χ4n) is 2.29. The van der Waals surface area contributed by atoms with E-state index in [0.29, 0.717) is 6.54 Å². The Labute approximate surface area is 113 Å². The standard InChI is InChI=1S/C15H20N2S/c1-9-7-10(2)12(4)15(11(9)3)14-8-13(5-6-16)18-17-14/h7-8H,5-6,16H2,1-4H3. The fraction of sp³-hybridized carbons (Fsp3) is 0.400. The molecule has 0 aliphatic heterocycles. The lowest BCUT2D eigenvalue weighted by Crippen LogP contribution is -2.00. The molecule has 1 aromatic carbocycles. The van der Waals surface area contributed by atoms with E-state index in [1.807, 2.05) is 0 Å². The normalized spacial score (nSPS) is 10.9. The largest absolute Gasteiger partial charge is 0.330 e. The summed E-state index contributed by atoms with van der Waals surface area (Å²) in [6, 6.07) is 4.44. The molecule has 0 atom stereocenters. The van der Waals surface area contributed by atoms with Gasteiger partial charge in [-0.15, -0.1) is 0 Å². The number of nitrogens with two attached hydrogens (primary N) is 1. The van der Waals surface area contributed by atoms with Crippen LogP contribution in [0.4, 0.5) is 0 Å². The first kappa shape index (κ1) is 13.2. The van der Waals surface area contributed by atoms with Crippen LogP contribution in [0.15, 0.2) is 12.1 Å². The quantitative estimate of drug-likeness (QED) is 0.916. The predicted molar refractivity (Wildman–Crippen MR) is 79.3 cm³/mol. The highest BCUT2D eigenvalue weighted by Gasteiger charge is 2.13. The number of benzene rings is 1. The highest BCUT2D eigenvalue weighted by molar-refractivity contribution is 7.06. The van der Waals surface area contributed by atoms with Crippen molar-refractivity contribution in [1.82, 2.24) is 4.37 Å². The summed E-state index contributed by atoms with van der Waals surface area (Å²) in [7, 11) is 0. The molecule has 0 fully saturated rings. The smallest absolute Gasteiger partial charge is 0.0849 e. The van der Waals surface area contributed by atoms with Gasteiger partial charge < -0.3 is 5.73 Å². The van der Waals surface area contributed by atoms with Crippen LogP contribution in [0.25, 0.3) is 11.3 Å². The monoisotopic (exact) mass is 260 g/mol. The van der Waals surface area contributed by atoms with Gasteiger partial charge in [-0.3, -0.25) is 0 Å². The van der Waals surface area contributed by atoms with Gasteiger partial charge in [0.2, 0.25) is 0 Å². The third-order valence-electron chi connectivity index (χ3n) is 3.57. The van der Waals surface area contributed by atoms with Crippen LogP contribution in [0.3, 0.4) is 0 Å². The molecule has 2 N–H and O–H groups in total. The molecule has 0 aliphatic carbocycles. The molecule has 18 heavy (non-hydrogen) atoms. The van der Waals surface area contributed by atoms with Gasteiger partial charge in [-0.25, -0.2) is 0 Å². The summed E-state index contributed by atoms with van der Waals surface area (Å²) in [5.74, 6) is 0. The topological polar surface area (TPSA) is 38.9 Å². The maximum Gasteiger partial charge on any atom is 0.0849 e. The number of aryl methyl sites for hydroxylation is 2. The lowest BCUT2D eigenvalue weighted by atomic mass is 9.92. The van der Waals surface area contributed by atoms with Gasteiger partial charge in [-0.05, 0) is 80.5 Å². The van der Waals surface area contributed by atoms with Crippen LogP contribution in [-0.2, 0) is 6.42 Å². The minimum absolute atomic E-state index is 0.687. The van der Waals surface area contributed by atoms with Crippen LogP contribution in [0, 0.1) is 27.7 Å². The van der Waals surface area contributed by atoms with Crippen molar-refractivity contribution in [1.29, 1.82) is 0 Å². The van der Waals surface area contributed by atoms with Crippen molar-refractivity contribution in [2.75, 3.05) is 6.54 Å². The van der Waals surface area contributed by atoms with Gasteiger partial charge in [0, 0.05) is 10.4 Å². The highest BCUT2D eigenvalue weighted by atomic mass is 32.1. The molecular formula is C15H20N2S. The van der Waals surface area contributed by atoms with Crippen LogP contribution in [0.2, 0.25) is 0 Å². The van der Waals surface area contributed by atoms with E-state index >= 15 is 0 Å². The van der Waals surface area contributed by atoms with Gasteiger partial charge in [-0.1, -0.05) is 6.07 Å². The van der Waals surface area contributed by atoms with Crippen molar-refractivity contribution in [3.8, 4) is 11.3 Å². The van der Waals surface area contributed by atoms with Crippen molar-refractivity contribution in [2.45, 2.75) is 34.1 Å². The van der Waals surface area contributed by atoms with Crippen molar-refractivity contribution in [2.24, 2.45) is 5.73 Å². The van der Waals surface area contributed by atoms with Crippen LogP contribution >= 0.6 is 11.5 Å². The van der Waals surface area contributed by atoms with E-state index in [9.17, 15) is 0 Å². The second-order valence-corrected chi connectivity index (χ2v) is 5.74. The van der Waals surface area contributed by atoms with E-state index in [2.05, 4.69) is 44.2 Å². The van der Waals surface area contributed by atoms with Crippen LogP contribution < -0.4 is 5.73 Å². The molecule has 0 saturated carbocycles. The number of nitrogens with zero attached hydrogens (tertiary/aromatic N) is 1. The third-order valence-corrected chi connectivity index (χ3v) is 4.42. The first-order valence-electron chi connectivity index (χ1n) is 6.28. The van der Waals surface area contributed by atoms with E-state index in [4.69, 9.17) is 5.73 Å². The van der Waals surface area contributed by atoms with Gasteiger partial charge >= 0.3 is 0 Å². The molecule has 0 unspecified atom stereocenters. The molecule has 0 radical (unpaired) electrons. The van der Waals surface area contributed by atoms with E-state index in [1.54, 1.807) is 11.5 Å². The molecular weight excluding hydrogens is 240 g/mol. The van der Waals surface area contributed by atoms with Gasteiger partial charge in [0.25, 0.3) is 0 Å². The molecule has 2 rings (SSSR count). The molecule has 0 aliphatic rings. The Morgan fingerprint density at radius 1 is 1.06 bits per heavy atom. The molecule has 2 nitrogen and oxygen atoms in total. The van der Waals surface area contributed by atoms with Gasteiger partial charge in [0.1, 0.15) is 0 Å². The zero-order chi connectivity index (χ0) is 13.3. The Hall–Kier alpha value is -1.19. The molecule has 1 aromatic heterocycles. The molecule has 0 bridgehead atoms. The third kappa shape index (κ3) is 2.33. The molecule has 0 saturated heterocycles. The Morgan fingerprint density at radius 2 is 1.67 bits per heavy atom. The van der Waals surface area contributed by atoms with E-state index < -0.39 is 0 Å². The Kier molecular flexibility index (Phi) is 3.83. The molecule has 0 spiro atoms. The summed E-state index contributed by atoms with van der Waals surface area (Å²) in [6.45, 7) is 9.38. The van der Waals surface area contributed by atoms with Gasteiger partial charge in [0.05, 0.1) is 5.69 Å². The average molecular weight is 260 g/mol. The summed E-state index contributed by atoms with van der Waals surface area (Å²) in [6.07, 6.45) is 0.917. The van der Waals surface area contributed by atoms with Crippen molar-refractivity contribution >= 4 is 11.5 Å². The molecule has 3 heteroatoms. The van der Waals surface area contributed by atoms with Crippen molar-refractivity contribution in [3.05, 3.63) is 39.3 Å². The molecule has 0 amide bonds. The van der Waals surface area contributed by atoms with Gasteiger partial charge in [0.15, 0.2) is 0 Å². The van der Waals surface area contributed by atoms with Crippen molar-refractivity contribution in [3.63, 3.8) is 0 Å². The molecule has 1 heterocycles. The minimum Gasteiger partial charge on any atom is -0.330 e. The maximum absolute atomic E-state index is 5.60. The summed E-state index contributed by atoms with van der Waals surface area (Å²) in [4.78, 5) is 1.27. The van der Waals surface area contributed by atoms with Crippen LogP contribution in [0.5, 0.6) is 0 Å². The summed E-state index contributed by atoms with van der Waals surface area (Å²) >= 11 is 1.57. The lowest BCUT2D eigenvalue weighted by Gasteiger charge is -2.13. The maximum atomic E-state index is 5.60. The molecule has 96 valence electrons. The summed E-state index contributed by atoms with van der Waals surface area (Å²) < 4.78 is 4.60. The highest BCUT2D eigenvalue weighted by Crippen LogP contribution is 2.32. The summed E-state index contributed by atoms with van der Waals surface area (Å²) in [5.41, 5.74) is 13.3. The second kappa shape index (κ2) is 5.21. The van der Waals surface area contributed by atoms with E-state index in [0.717, 1.165) is 12.1 Å². The number of hydrogen-bond acceptors (Lipinski definition) is 3. The zero-order valence-electron chi connectivity index (χ0n) is 11.5. The molecule has 2 aromatic rings. The Morgan fingerprint density at radius 3 is 2.22 bits per heavy atom. The van der Waals surface area contributed by atoms with Crippen molar-refractivity contribution < 1.29 is 0 Å². The zero-order valence-corrected chi connectivity index (χ0v) is 12.3. The second-order valence-electron chi connectivity index (χ2n) is 4.85. The van der Waals surface area contributed by atoms with Gasteiger partial charge in [-0.2, -0.15) is 4.37 Å². The number of hydrogen-bond donors (Lipinski definition) is 1. The summed E-state index contributed by atoms with van der Waals surface area (Å²) in [5, 5.41) is 0.